The molecule has 1 saturated carbocycles. The van der Waals surface area contributed by atoms with E-state index < -0.39 is 74.7 Å². The number of Topliss-reactive ketones (excluding diaryl/α,β-unsaturated/α-hetero) is 3. The summed E-state index contributed by atoms with van der Waals surface area (Å²) in [6.07, 6.45) is 3.30. The van der Waals surface area contributed by atoms with E-state index in [1.165, 1.54) is 6.92 Å². The molecule has 0 heterocycles. The highest BCUT2D eigenvalue weighted by Gasteiger charge is 2.76. The van der Waals surface area contributed by atoms with Gasteiger partial charge in [0.1, 0.15) is 22.8 Å². The number of aromatic hydroxyl groups is 1. The molecule has 6 atom stereocenters. The van der Waals surface area contributed by atoms with Crippen molar-refractivity contribution in [1.29, 1.82) is 0 Å². The lowest BCUT2D eigenvalue weighted by molar-refractivity contribution is -0.211. The maximum atomic E-state index is 14.3. The van der Waals surface area contributed by atoms with Crippen molar-refractivity contribution in [1.82, 2.24) is 0 Å². The number of fused-ring (bicyclic) bond motifs is 3. The van der Waals surface area contributed by atoms with Gasteiger partial charge >= 0.3 is 0 Å². The molecule has 40 heavy (non-hydrogen) atoms. The lowest BCUT2D eigenvalue weighted by Crippen LogP contribution is -2.73. The number of aliphatic hydroxyl groups is 4. The largest absolute Gasteiger partial charge is 0.511 e. The molecule has 0 radical (unpaired) electrons. The number of aliphatic hydroxyl groups excluding tert-OH is 3. The molecule has 5 N–H and O–H groups in total. The Morgan fingerprint density at radius 1 is 1.00 bits per heavy atom. The maximum absolute atomic E-state index is 14.3. The van der Waals surface area contributed by atoms with E-state index in [1.807, 2.05) is 6.07 Å². The van der Waals surface area contributed by atoms with Gasteiger partial charge in [0, 0.05) is 16.7 Å². The summed E-state index contributed by atoms with van der Waals surface area (Å²) < 4.78 is 0. The van der Waals surface area contributed by atoms with Gasteiger partial charge in [-0.2, -0.15) is 0 Å². The fourth-order valence-corrected chi connectivity index (χ4v) is 8.70. The van der Waals surface area contributed by atoms with Crippen LogP contribution in [0.25, 0.3) is 0 Å². The minimum Gasteiger partial charge on any atom is -0.511 e. The van der Waals surface area contributed by atoms with Crippen LogP contribution >= 0.6 is 0 Å². The molecule has 4 aliphatic carbocycles. The molecule has 8 heteroatoms. The molecule has 0 amide bonds. The van der Waals surface area contributed by atoms with E-state index in [2.05, 4.69) is 0 Å². The number of carbonyl (C=O) groups is 3. The number of phenols is 1. The first-order valence-electron chi connectivity index (χ1n) is 14.3. The first kappa shape index (κ1) is 28.6. The van der Waals surface area contributed by atoms with E-state index in [-0.39, 0.29) is 22.8 Å². The van der Waals surface area contributed by atoms with Gasteiger partial charge in [-0.3, -0.25) is 14.4 Å². The molecule has 1 aromatic carbocycles. The lowest BCUT2D eigenvalue weighted by atomic mass is 9.41. The zero-order chi connectivity index (χ0) is 29.7. The van der Waals surface area contributed by atoms with Gasteiger partial charge in [-0.25, -0.2) is 0 Å². The number of carbonyl (C=O) groups excluding carboxylic acids is 3. The first-order chi connectivity index (χ1) is 18.6. The molecule has 8 nitrogen and oxygen atoms in total. The SMILES string of the molecule is CC(=O)C1=C(O)C(C(C)C)[C@@]2(C)[C@H](O)[C@]3(C)C(=C(O)[C@@]2(O)C1=O)C(=O)c1c(ccc(C2CCCCC2)c1O)[C@H]3C. The van der Waals surface area contributed by atoms with Crippen LogP contribution in [0.2, 0.25) is 0 Å². The zero-order valence-corrected chi connectivity index (χ0v) is 24.0. The van der Waals surface area contributed by atoms with Crippen LogP contribution in [-0.2, 0) is 9.59 Å². The minimum atomic E-state index is -2.87. The van der Waals surface area contributed by atoms with Crippen molar-refractivity contribution in [3.8, 4) is 5.75 Å². The second kappa shape index (κ2) is 9.02. The molecule has 0 spiro atoms. The smallest absolute Gasteiger partial charge is 0.209 e. The Balaban J connectivity index is 1.82. The van der Waals surface area contributed by atoms with Crippen molar-refractivity contribution in [3.63, 3.8) is 0 Å². The second-order valence-corrected chi connectivity index (χ2v) is 13.1. The van der Waals surface area contributed by atoms with Crippen molar-refractivity contribution in [2.24, 2.45) is 22.7 Å². The van der Waals surface area contributed by atoms with Crippen LogP contribution in [0.5, 0.6) is 5.75 Å². The molecule has 0 aromatic heterocycles. The fourth-order valence-electron chi connectivity index (χ4n) is 8.70. The van der Waals surface area contributed by atoms with Crippen molar-refractivity contribution >= 4 is 17.3 Å². The predicted molar refractivity (Wildman–Crippen MR) is 147 cm³/mol. The van der Waals surface area contributed by atoms with Gasteiger partial charge in [0.25, 0.3) is 0 Å². The molecule has 1 fully saturated rings. The monoisotopic (exact) mass is 552 g/mol. The number of hydrogen-bond acceptors (Lipinski definition) is 8. The Labute approximate surface area is 234 Å². The van der Waals surface area contributed by atoms with E-state index in [4.69, 9.17) is 0 Å². The summed E-state index contributed by atoms with van der Waals surface area (Å²) in [5.41, 5.74) is -6.12. The average molecular weight is 553 g/mol. The van der Waals surface area contributed by atoms with Crippen LogP contribution in [0, 0.1) is 22.7 Å². The van der Waals surface area contributed by atoms with Gasteiger partial charge < -0.3 is 25.5 Å². The highest BCUT2D eigenvalue weighted by Crippen LogP contribution is 2.67. The molecular formula is C32H40O8. The lowest BCUT2D eigenvalue weighted by Gasteiger charge is -2.63. The highest BCUT2D eigenvalue weighted by molar-refractivity contribution is 6.25. The number of benzene rings is 1. The third kappa shape index (κ3) is 3.18. The highest BCUT2D eigenvalue weighted by atomic mass is 16.4. The molecular weight excluding hydrogens is 512 g/mol. The van der Waals surface area contributed by atoms with Crippen molar-refractivity contribution in [2.75, 3.05) is 0 Å². The minimum absolute atomic E-state index is 0.00264. The van der Waals surface area contributed by atoms with Crippen molar-refractivity contribution in [2.45, 2.75) is 97.2 Å². The number of allylic oxidation sites excluding steroid dienone is 1. The Hall–Kier alpha value is -2.97. The van der Waals surface area contributed by atoms with Gasteiger partial charge in [0.15, 0.2) is 17.2 Å². The molecule has 1 aromatic rings. The molecule has 0 saturated heterocycles. The quantitative estimate of drug-likeness (QED) is 0.331. The van der Waals surface area contributed by atoms with Crippen LogP contribution in [0.1, 0.15) is 107 Å². The molecule has 0 bridgehead atoms. The predicted octanol–water partition coefficient (Wildman–Crippen LogP) is 4.93. The van der Waals surface area contributed by atoms with Crippen LogP contribution in [0.4, 0.5) is 0 Å². The molecule has 216 valence electrons. The fraction of sp³-hybridized carbons (Fsp3) is 0.594. The maximum Gasteiger partial charge on any atom is 0.209 e. The zero-order valence-electron chi connectivity index (χ0n) is 24.0. The van der Waals surface area contributed by atoms with Gasteiger partial charge in [-0.15, -0.1) is 0 Å². The summed E-state index contributed by atoms with van der Waals surface area (Å²) in [5, 5.41) is 59.0. The summed E-state index contributed by atoms with van der Waals surface area (Å²) in [6, 6.07) is 3.64. The van der Waals surface area contributed by atoms with E-state index >= 15 is 0 Å². The number of rotatable bonds is 3. The third-order valence-electron chi connectivity index (χ3n) is 10.9. The van der Waals surface area contributed by atoms with Gasteiger partial charge in [0.2, 0.25) is 5.78 Å². The van der Waals surface area contributed by atoms with E-state index in [0.29, 0.717) is 11.1 Å². The molecule has 5 rings (SSSR count). The van der Waals surface area contributed by atoms with Crippen molar-refractivity contribution < 1.29 is 39.9 Å². The second-order valence-electron chi connectivity index (χ2n) is 13.1. The average Bonchev–Trinajstić information content (AvgIpc) is 2.89. The number of phenolic OH excluding ortho intramolecular Hbond substituents is 1. The van der Waals surface area contributed by atoms with Crippen LogP contribution in [0.3, 0.4) is 0 Å². The summed E-state index contributed by atoms with van der Waals surface area (Å²) in [5.74, 6) is -6.60. The normalized spacial score (nSPS) is 36.5. The van der Waals surface area contributed by atoms with Crippen LogP contribution in [0.15, 0.2) is 34.8 Å². The molecule has 1 unspecified atom stereocenters. The van der Waals surface area contributed by atoms with Crippen LogP contribution < -0.4 is 0 Å². The Morgan fingerprint density at radius 2 is 1.57 bits per heavy atom. The van der Waals surface area contributed by atoms with Crippen molar-refractivity contribution in [3.05, 3.63) is 51.5 Å². The van der Waals surface area contributed by atoms with Gasteiger partial charge in [-0.05, 0) is 48.6 Å². The Kier molecular flexibility index (Phi) is 6.44. The van der Waals surface area contributed by atoms with Gasteiger partial charge in [-0.1, -0.05) is 66.0 Å². The Bertz CT molecular complexity index is 1400. The number of hydrogen-bond donors (Lipinski definition) is 5. The summed E-state index contributed by atoms with van der Waals surface area (Å²) in [4.78, 5) is 40.7. The topological polar surface area (TPSA) is 152 Å². The van der Waals surface area contributed by atoms with Crippen LogP contribution in [-0.4, -0.2) is 54.6 Å². The first-order valence-corrected chi connectivity index (χ1v) is 14.3. The summed E-state index contributed by atoms with van der Waals surface area (Å²) in [6.45, 7) is 9.33. The van der Waals surface area contributed by atoms with E-state index in [9.17, 15) is 39.9 Å². The van der Waals surface area contributed by atoms with E-state index in [0.717, 1.165) is 39.0 Å². The Morgan fingerprint density at radius 3 is 2.12 bits per heavy atom. The standard InChI is InChI=1S/C32H40O8/c1-14(2)22-25(35)20(16(4)33)27(37)32(40)28(38)23-26(36)21-18(15(3)30(23,5)29(39)31(22,32)6)12-13-19(24(21)34)17-10-8-7-9-11-17/h12-15,17,22,29,34-35,38-40H,7-11H2,1-6H3/t15-,22?,29-,30+,31+,32+/m1/s1. The number of ketones is 3. The molecule has 0 aliphatic heterocycles. The third-order valence-corrected chi connectivity index (χ3v) is 10.9. The summed E-state index contributed by atoms with van der Waals surface area (Å²) >= 11 is 0. The van der Waals surface area contributed by atoms with Gasteiger partial charge in [0.05, 0.1) is 17.2 Å². The summed E-state index contributed by atoms with van der Waals surface area (Å²) in [7, 11) is 0. The molecule has 4 aliphatic rings. The van der Waals surface area contributed by atoms with E-state index in [1.54, 1.807) is 33.8 Å².